The number of benzene rings is 1. The zero-order valence-electron chi connectivity index (χ0n) is 13.0. The summed E-state index contributed by atoms with van der Waals surface area (Å²) >= 11 is 3.49. The number of hydrogen-bond acceptors (Lipinski definition) is 2. The molecule has 1 aromatic rings. The van der Waals surface area contributed by atoms with Gasteiger partial charge < -0.3 is 9.80 Å². The average Bonchev–Trinajstić information content (AvgIpc) is 2.73. The third kappa shape index (κ3) is 4.55. The molecule has 1 saturated heterocycles. The highest BCUT2D eigenvalue weighted by atomic mass is 79.9. The van der Waals surface area contributed by atoms with E-state index < -0.39 is 0 Å². The Morgan fingerprint density at radius 1 is 1.14 bits per heavy atom. The van der Waals surface area contributed by atoms with Gasteiger partial charge in [-0.05, 0) is 36.6 Å². The minimum Gasteiger partial charge on any atom is -0.337 e. The normalized spacial score (nSPS) is 17.0. The van der Waals surface area contributed by atoms with Crippen LogP contribution in [0.15, 0.2) is 24.3 Å². The van der Waals surface area contributed by atoms with Crippen molar-refractivity contribution in [1.29, 1.82) is 0 Å². The Hall–Kier alpha value is -0.870. The molecule has 0 saturated carbocycles. The van der Waals surface area contributed by atoms with E-state index in [1.54, 1.807) is 0 Å². The summed E-state index contributed by atoms with van der Waals surface area (Å²) in [6.07, 6.45) is 1.06. The number of amides is 1. The van der Waals surface area contributed by atoms with E-state index in [9.17, 15) is 4.79 Å². The predicted molar refractivity (Wildman–Crippen MR) is 91.3 cm³/mol. The van der Waals surface area contributed by atoms with Gasteiger partial charge in [0.25, 0.3) is 5.91 Å². The van der Waals surface area contributed by atoms with Gasteiger partial charge in [0.1, 0.15) is 0 Å². The van der Waals surface area contributed by atoms with E-state index in [1.165, 1.54) is 5.56 Å². The summed E-state index contributed by atoms with van der Waals surface area (Å²) in [7, 11) is 0. The Kier molecular flexibility index (Phi) is 6.24. The molecule has 116 valence electrons. The van der Waals surface area contributed by atoms with Crippen LogP contribution in [0.1, 0.15) is 42.1 Å². The van der Waals surface area contributed by atoms with Crippen molar-refractivity contribution >= 4 is 21.8 Å². The first kappa shape index (κ1) is 16.5. The number of carbonyl (C=O) groups excluding carboxylic acids is 1. The van der Waals surface area contributed by atoms with Crippen molar-refractivity contribution in [1.82, 2.24) is 9.80 Å². The zero-order valence-corrected chi connectivity index (χ0v) is 14.6. The lowest BCUT2D eigenvalue weighted by molar-refractivity contribution is 0.0762. The maximum absolute atomic E-state index is 12.6. The molecule has 2 rings (SSSR count). The Morgan fingerprint density at radius 3 is 2.48 bits per heavy atom. The second-order valence-corrected chi connectivity index (χ2v) is 6.75. The minimum absolute atomic E-state index is 0.172. The van der Waals surface area contributed by atoms with Crippen LogP contribution in [0, 0.1) is 0 Å². The number of hydrogen-bond donors (Lipinski definition) is 0. The minimum atomic E-state index is 0.172. The predicted octanol–water partition coefficient (Wildman–Crippen LogP) is 3.35. The molecular formula is C17H25BrN2O. The van der Waals surface area contributed by atoms with Crippen LogP contribution in [0.2, 0.25) is 0 Å². The summed E-state index contributed by atoms with van der Waals surface area (Å²) in [5, 5.41) is 0.998. The van der Waals surface area contributed by atoms with Crippen molar-refractivity contribution in [2.75, 3.05) is 38.1 Å². The van der Waals surface area contributed by atoms with Crippen molar-refractivity contribution in [2.24, 2.45) is 0 Å². The van der Waals surface area contributed by atoms with Crippen molar-refractivity contribution in [3.8, 4) is 0 Å². The fourth-order valence-electron chi connectivity index (χ4n) is 2.71. The van der Waals surface area contributed by atoms with Crippen molar-refractivity contribution < 1.29 is 4.79 Å². The lowest BCUT2D eigenvalue weighted by atomic mass is 10.0. The summed E-state index contributed by atoms with van der Waals surface area (Å²) in [6.45, 7) is 9.16. The highest BCUT2D eigenvalue weighted by molar-refractivity contribution is 9.09. The molecule has 0 bridgehead atoms. The fraction of sp³-hybridized carbons (Fsp3) is 0.588. The number of carbonyl (C=O) groups is 1. The van der Waals surface area contributed by atoms with Crippen molar-refractivity contribution in [3.05, 3.63) is 35.4 Å². The number of rotatable bonds is 4. The molecule has 1 aliphatic rings. The van der Waals surface area contributed by atoms with Gasteiger partial charge in [0.05, 0.1) is 0 Å². The molecule has 0 aromatic heterocycles. The van der Waals surface area contributed by atoms with Crippen LogP contribution >= 0.6 is 15.9 Å². The van der Waals surface area contributed by atoms with E-state index in [4.69, 9.17) is 0 Å². The second-order valence-electron chi connectivity index (χ2n) is 5.95. The van der Waals surface area contributed by atoms with Crippen LogP contribution in [-0.2, 0) is 0 Å². The van der Waals surface area contributed by atoms with Crippen molar-refractivity contribution in [3.63, 3.8) is 0 Å². The van der Waals surface area contributed by atoms with E-state index >= 15 is 0 Å². The monoisotopic (exact) mass is 352 g/mol. The maximum Gasteiger partial charge on any atom is 0.253 e. The second kappa shape index (κ2) is 7.95. The average molecular weight is 353 g/mol. The van der Waals surface area contributed by atoms with Crippen LogP contribution in [0.3, 0.4) is 0 Å². The van der Waals surface area contributed by atoms with Crippen molar-refractivity contribution in [2.45, 2.75) is 26.2 Å². The molecule has 0 atom stereocenters. The van der Waals surface area contributed by atoms with Gasteiger partial charge in [-0.25, -0.2) is 0 Å². The number of alkyl halides is 1. The molecule has 1 heterocycles. The summed E-state index contributed by atoms with van der Waals surface area (Å²) in [5.41, 5.74) is 2.10. The SMILES string of the molecule is CC(C)c1ccc(C(=O)N2CCCN(CCBr)CC2)cc1. The zero-order chi connectivity index (χ0) is 15.2. The van der Waals surface area contributed by atoms with Gasteiger partial charge in [0, 0.05) is 37.1 Å². The van der Waals surface area contributed by atoms with Gasteiger partial charge in [-0.1, -0.05) is 41.9 Å². The Bertz CT molecular complexity index is 458. The lowest BCUT2D eigenvalue weighted by Crippen LogP contribution is -2.35. The molecule has 4 heteroatoms. The summed E-state index contributed by atoms with van der Waals surface area (Å²) in [6, 6.07) is 8.09. The van der Waals surface area contributed by atoms with E-state index in [-0.39, 0.29) is 5.91 Å². The maximum atomic E-state index is 12.6. The van der Waals surface area contributed by atoms with Gasteiger partial charge in [-0.3, -0.25) is 4.79 Å². The van der Waals surface area contributed by atoms with Crippen LogP contribution in [0.5, 0.6) is 0 Å². The Labute approximate surface area is 136 Å². The molecule has 1 amide bonds. The van der Waals surface area contributed by atoms with Gasteiger partial charge in [0.15, 0.2) is 0 Å². The van der Waals surface area contributed by atoms with Gasteiger partial charge in [0.2, 0.25) is 0 Å². The molecule has 0 N–H and O–H groups in total. The largest absolute Gasteiger partial charge is 0.337 e. The molecule has 0 radical (unpaired) electrons. The molecule has 0 spiro atoms. The smallest absolute Gasteiger partial charge is 0.253 e. The van der Waals surface area contributed by atoms with Gasteiger partial charge >= 0.3 is 0 Å². The highest BCUT2D eigenvalue weighted by Gasteiger charge is 2.19. The standard InChI is InChI=1S/C17H25BrN2O/c1-14(2)15-4-6-16(7-5-15)17(21)20-10-3-9-19(11-8-18)12-13-20/h4-7,14H,3,8-13H2,1-2H3. The first-order valence-corrected chi connectivity index (χ1v) is 8.91. The number of nitrogens with zero attached hydrogens (tertiary/aromatic N) is 2. The van der Waals surface area contributed by atoms with Crippen LogP contribution in [0.4, 0.5) is 0 Å². The molecule has 3 nitrogen and oxygen atoms in total. The Balaban J connectivity index is 1.99. The van der Waals surface area contributed by atoms with Gasteiger partial charge in [-0.2, -0.15) is 0 Å². The van der Waals surface area contributed by atoms with E-state index in [2.05, 4.69) is 46.8 Å². The summed E-state index contributed by atoms with van der Waals surface area (Å²) in [5.74, 6) is 0.677. The van der Waals surface area contributed by atoms with Crippen LogP contribution in [0.25, 0.3) is 0 Å². The molecular weight excluding hydrogens is 328 g/mol. The van der Waals surface area contributed by atoms with E-state index in [1.807, 2.05) is 17.0 Å². The van der Waals surface area contributed by atoms with Crippen LogP contribution in [-0.4, -0.2) is 53.8 Å². The number of halogens is 1. The molecule has 0 aliphatic carbocycles. The van der Waals surface area contributed by atoms with E-state index in [0.29, 0.717) is 5.92 Å². The first-order valence-electron chi connectivity index (χ1n) is 7.79. The molecule has 1 fully saturated rings. The quantitative estimate of drug-likeness (QED) is 0.775. The highest BCUT2D eigenvalue weighted by Crippen LogP contribution is 2.16. The summed E-state index contributed by atoms with van der Waals surface area (Å²) in [4.78, 5) is 17.0. The Morgan fingerprint density at radius 2 is 1.86 bits per heavy atom. The first-order chi connectivity index (χ1) is 10.1. The topological polar surface area (TPSA) is 23.6 Å². The third-order valence-electron chi connectivity index (χ3n) is 4.10. The van der Waals surface area contributed by atoms with Crippen LogP contribution < -0.4 is 0 Å². The fourth-order valence-corrected chi connectivity index (χ4v) is 3.21. The molecule has 1 aromatic carbocycles. The van der Waals surface area contributed by atoms with Gasteiger partial charge in [-0.15, -0.1) is 0 Å². The molecule has 21 heavy (non-hydrogen) atoms. The van der Waals surface area contributed by atoms with E-state index in [0.717, 1.165) is 50.0 Å². The molecule has 0 unspecified atom stereocenters. The molecule has 1 aliphatic heterocycles. The lowest BCUT2D eigenvalue weighted by Gasteiger charge is -2.21. The third-order valence-corrected chi connectivity index (χ3v) is 4.46. The summed E-state index contributed by atoms with van der Waals surface area (Å²) < 4.78 is 0.